The van der Waals surface area contributed by atoms with Gasteiger partial charge in [0.05, 0.1) is 5.75 Å². The number of nitrogens with one attached hydrogen (secondary N) is 1. The number of halogens is 1. The van der Waals surface area contributed by atoms with E-state index in [1.807, 2.05) is 0 Å². The molecule has 3 nitrogen and oxygen atoms in total. The van der Waals surface area contributed by atoms with Crippen molar-refractivity contribution in [2.24, 2.45) is 5.92 Å². The SMILES string of the molecule is CCS(=O)(=O)CCCNCC(C)CCCl. The van der Waals surface area contributed by atoms with Crippen molar-refractivity contribution < 1.29 is 8.42 Å². The summed E-state index contributed by atoms with van der Waals surface area (Å²) in [6.45, 7) is 5.51. The molecule has 0 amide bonds. The zero-order valence-electron chi connectivity index (χ0n) is 9.63. The van der Waals surface area contributed by atoms with Crippen molar-refractivity contribution in [2.45, 2.75) is 26.7 Å². The summed E-state index contributed by atoms with van der Waals surface area (Å²) in [6.07, 6.45) is 1.70. The third kappa shape index (κ3) is 9.15. The Labute approximate surface area is 98.5 Å². The predicted octanol–water partition coefficient (Wildman–Crippen LogP) is 1.67. The standard InChI is InChI=1S/C10H22ClNO2S/c1-3-15(13,14)8-4-7-12-9-10(2)5-6-11/h10,12H,3-9H2,1-2H3. The van der Waals surface area contributed by atoms with Gasteiger partial charge in [-0.05, 0) is 31.8 Å². The molecule has 5 heteroatoms. The van der Waals surface area contributed by atoms with Gasteiger partial charge in [0.15, 0.2) is 0 Å². The minimum absolute atomic E-state index is 0.246. The molecule has 0 rings (SSSR count). The molecule has 0 fully saturated rings. The molecule has 0 aromatic carbocycles. The fraction of sp³-hybridized carbons (Fsp3) is 1.00. The summed E-state index contributed by atoms with van der Waals surface area (Å²) in [6, 6.07) is 0. The van der Waals surface area contributed by atoms with Crippen LogP contribution in [0.1, 0.15) is 26.7 Å². The van der Waals surface area contributed by atoms with Crippen LogP contribution in [0.25, 0.3) is 0 Å². The maximum Gasteiger partial charge on any atom is 0.150 e. The van der Waals surface area contributed by atoms with Crippen molar-refractivity contribution in [2.75, 3.05) is 30.5 Å². The van der Waals surface area contributed by atoms with Crippen LogP contribution in [-0.4, -0.2) is 38.9 Å². The monoisotopic (exact) mass is 255 g/mol. The van der Waals surface area contributed by atoms with E-state index in [1.54, 1.807) is 6.92 Å². The summed E-state index contributed by atoms with van der Waals surface area (Å²) < 4.78 is 22.3. The molecule has 92 valence electrons. The van der Waals surface area contributed by atoms with Gasteiger partial charge < -0.3 is 5.32 Å². The number of rotatable bonds is 9. The highest BCUT2D eigenvalue weighted by molar-refractivity contribution is 7.91. The second kappa shape index (κ2) is 8.36. The summed E-state index contributed by atoms with van der Waals surface area (Å²) in [5.74, 6) is 1.79. The summed E-state index contributed by atoms with van der Waals surface area (Å²) in [5.41, 5.74) is 0. The molecule has 0 aromatic rings. The molecule has 0 radical (unpaired) electrons. The second-order valence-electron chi connectivity index (χ2n) is 3.88. The van der Waals surface area contributed by atoms with Crippen LogP contribution in [0.4, 0.5) is 0 Å². The van der Waals surface area contributed by atoms with E-state index in [1.165, 1.54) is 0 Å². The summed E-state index contributed by atoms with van der Waals surface area (Å²) in [4.78, 5) is 0. The maximum atomic E-state index is 11.2. The Hall–Kier alpha value is 0.200. The van der Waals surface area contributed by atoms with Crippen molar-refractivity contribution in [3.8, 4) is 0 Å². The largest absolute Gasteiger partial charge is 0.316 e. The Kier molecular flexibility index (Phi) is 8.47. The third-order valence-electron chi connectivity index (χ3n) is 2.34. The van der Waals surface area contributed by atoms with Gasteiger partial charge in [-0.3, -0.25) is 0 Å². The van der Waals surface area contributed by atoms with Crippen molar-refractivity contribution in [3.05, 3.63) is 0 Å². The van der Waals surface area contributed by atoms with Crippen LogP contribution in [-0.2, 0) is 9.84 Å². The highest BCUT2D eigenvalue weighted by atomic mass is 35.5. The molecule has 1 unspecified atom stereocenters. The lowest BCUT2D eigenvalue weighted by Crippen LogP contribution is -2.24. The topological polar surface area (TPSA) is 46.2 Å². The number of sulfone groups is 1. The molecule has 0 aliphatic rings. The quantitative estimate of drug-likeness (QED) is 0.504. The first-order valence-corrected chi connectivity index (χ1v) is 7.84. The van der Waals surface area contributed by atoms with Crippen LogP contribution in [0.15, 0.2) is 0 Å². The van der Waals surface area contributed by atoms with E-state index < -0.39 is 9.84 Å². The molecule has 1 atom stereocenters. The maximum absolute atomic E-state index is 11.2. The van der Waals surface area contributed by atoms with Gasteiger partial charge in [0.1, 0.15) is 9.84 Å². The van der Waals surface area contributed by atoms with Crippen molar-refractivity contribution in [3.63, 3.8) is 0 Å². The molecule has 0 heterocycles. The lowest BCUT2D eigenvalue weighted by molar-refractivity contribution is 0.501. The molecular formula is C10H22ClNO2S. The van der Waals surface area contributed by atoms with Crippen molar-refractivity contribution in [1.29, 1.82) is 0 Å². The first kappa shape index (κ1) is 15.2. The van der Waals surface area contributed by atoms with E-state index in [2.05, 4.69) is 12.2 Å². The smallest absolute Gasteiger partial charge is 0.150 e. The molecule has 0 aliphatic carbocycles. The third-order valence-corrected chi connectivity index (χ3v) is 4.35. The molecule has 0 aliphatic heterocycles. The number of hydrogen-bond acceptors (Lipinski definition) is 3. The fourth-order valence-electron chi connectivity index (χ4n) is 1.20. The van der Waals surface area contributed by atoms with E-state index >= 15 is 0 Å². The molecule has 0 saturated carbocycles. The van der Waals surface area contributed by atoms with Gasteiger partial charge in [-0.25, -0.2) is 8.42 Å². The number of alkyl halides is 1. The zero-order valence-corrected chi connectivity index (χ0v) is 11.2. The first-order valence-electron chi connectivity index (χ1n) is 5.49. The van der Waals surface area contributed by atoms with Gasteiger partial charge in [-0.15, -0.1) is 11.6 Å². The molecule has 0 spiro atoms. The van der Waals surface area contributed by atoms with Gasteiger partial charge in [-0.1, -0.05) is 13.8 Å². The van der Waals surface area contributed by atoms with Crippen LogP contribution >= 0.6 is 11.6 Å². The Morgan fingerprint density at radius 3 is 2.60 bits per heavy atom. The predicted molar refractivity (Wildman–Crippen MR) is 66.3 cm³/mol. The lowest BCUT2D eigenvalue weighted by Gasteiger charge is -2.10. The average molecular weight is 256 g/mol. The van der Waals surface area contributed by atoms with Gasteiger partial charge in [0, 0.05) is 11.6 Å². The molecular weight excluding hydrogens is 234 g/mol. The minimum atomic E-state index is -2.79. The highest BCUT2D eigenvalue weighted by Crippen LogP contribution is 2.01. The second-order valence-corrected chi connectivity index (χ2v) is 6.73. The van der Waals surface area contributed by atoms with Gasteiger partial charge in [0.2, 0.25) is 0 Å². The Bertz CT molecular complexity index is 242. The van der Waals surface area contributed by atoms with Gasteiger partial charge in [0.25, 0.3) is 0 Å². The van der Waals surface area contributed by atoms with Crippen LogP contribution < -0.4 is 5.32 Å². The van der Waals surface area contributed by atoms with Gasteiger partial charge in [-0.2, -0.15) is 0 Å². The van der Waals surface area contributed by atoms with E-state index in [0.717, 1.165) is 19.5 Å². The average Bonchev–Trinajstić information content (AvgIpc) is 2.17. The first-order chi connectivity index (χ1) is 7.02. The highest BCUT2D eigenvalue weighted by Gasteiger charge is 2.06. The summed E-state index contributed by atoms with van der Waals surface area (Å²) in [5, 5.41) is 3.24. The van der Waals surface area contributed by atoms with E-state index in [4.69, 9.17) is 11.6 Å². The van der Waals surface area contributed by atoms with Crippen LogP contribution in [0.3, 0.4) is 0 Å². The molecule has 0 aromatic heterocycles. The Balaban J connectivity index is 3.40. The van der Waals surface area contributed by atoms with Crippen LogP contribution in [0.2, 0.25) is 0 Å². The van der Waals surface area contributed by atoms with Crippen LogP contribution in [0, 0.1) is 5.92 Å². The normalized spacial score (nSPS) is 14.1. The molecule has 0 bridgehead atoms. The molecule has 1 N–H and O–H groups in total. The van der Waals surface area contributed by atoms with E-state index in [-0.39, 0.29) is 5.75 Å². The Morgan fingerprint density at radius 1 is 1.40 bits per heavy atom. The van der Waals surface area contributed by atoms with E-state index in [9.17, 15) is 8.42 Å². The summed E-state index contributed by atoms with van der Waals surface area (Å²) in [7, 11) is -2.79. The van der Waals surface area contributed by atoms with Crippen LogP contribution in [0.5, 0.6) is 0 Å². The lowest BCUT2D eigenvalue weighted by atomic mass is 10.1. The fourth-order valence-corrected chi connectivity index (χ4v) is 2.44. The molecule has 15 heavy (non-hydrogen) atoms. The minimum Gasteiger partial charge on any atom is -0.316 e. The van der Waals surface area contributed by atoms with Crippen molar-refractivity contribution >= 4 is 21.4 Å². The van der Waals surface area contributed by atoms with Crippen molar-refractivity contribution in [1.82, 2.24) is 5.32 Å². The molecule has 0 saturated heterocycles. The van der Waals surface area contributed by atoms with E-state index in [0.29, 0.717) is 24.0 Å². The number of hydrogen-bond donors (Lipinski definition) is 1. The zero-order chi connectivity index (χ0) is 11.7. The summed E-state index contributed by atoms with van der Waals surface area (Å²) >= 11 is 5.61. The van der Waals surface area contributed by atoms with Gasteiger partial charge >= 0.3 is 0 Å². The Morgan fingerprint density at radius 2 is 2.07 bits per heavy atom.